The van der Waals surface area contributed by atoms with Crippen molar-refractivity contribution in [2.75, 3.05) is 27.2 Å². The largest absolute Gasteiger partial charge is 0.340 e. The van der Waals surface area contributed by atoms with E-state index in [1.165, 1.54) is 0 Å². The van der Waals surface area contributed by atoms with Crippen LogP contribution in [0.15, 0.2) is 30.3 Å². The summed E-state index contributed by atoms with van der Waals surface area (Å²) in [5.41, 5.74) is 6.95. The Bertz CT molecular complexity index is 421. The highest BCUT2D eigenvalue weighted by atomic mass is 16.2. The van der Waals surface area contributed by atoms with Gasteiger partial charge in [-0.2, -0.15) is 0 Å². The van der Waals surface area contributed by atoms with Crippen LogP contribution < -0.4 is 5.73 Å². The minimum absolute atomic E-state index is 0.00602. The summed E-state index contributed by atoms with van der Waals surface area (Å²) in [7, 11) is 3.97. The van der Waals surface area contributed by atoms with Gasteiger partial charge in [0.1, 0.15) is 6.04 Å². The lowest BCUT2D eigenvalue weighted by atomic mass is 10.0. The zero-order valence-electron chi connectivity index (χ0n) is 11.7. The molecule has 1 amide bonds. The van der Waals surface area contributed by atoms with E-state index in [1.807, 2.05) is 42.3 Å². The standard InChI is InChI=1S/C15H23N3O/c1-17-10-6-9-13(11-17)18(2)15(19)14(16)12-7-4-3-5-8-12/h3-5,7-8,13-14H,6,9-11,16H2,1-2H3/t13?,14-/m1/s1. The van der Waals surface area contributed by atoms with E-state index in [0.29, 0.717) is 0 Å². The van der Waals surface area contributed by atoms with Crippen molar-refractivity contribution in [3.63, 3.8) is 0 Å². The van der Waals surface area contributed by atoms with Crippen molar-refractivity contribution >= 4 is 5.91 Å². The van der Waals surface area contributed by atoms with E-state index in [9.17, 15) is 4.79 Å². The lowest BCUT2D eigenvalue weighted by Gasteiger charge is -2.36. The van der Waals surface area contributed by atoms with Crippen molar-refractivity contribution in [1.82, 2.24) is 9.80 Å². The van der Waals surface area contributed by atoms with E-state index in [-0.39, 0.29) is 11.9 Å². The van der Waals surface area contributed by atoms with Gasteiger partial charge < -0.3 is 15.5 Å². The van der Waals surface area contributed by atoms with Crippen molar-refractivity contribution < 1.29 is 4.79 Å². The van der Waals surface area contributed by atoms with Crippen molar-refractivity contribution in [2.45, 2.75) is 24.9 Å². The van der Waals surface area contributed by atoms with Crippen LogP contribution in [0, 0.1) is 0 Å². The smallest absolute Gasteiger partial charge is 0.244 e. The number of nitrogens with two attached hydrogens (primary N) is 1. The highest BCUT2D eigenvalue weighted by Crippen LogP contribution is 2.18. The minimum atomic E-state index is -0.557. The van der Waals surface area contributed by atoms with E-state index >= 15 is 0 Å². The molecule has 0 radical (unpaired) electrons. The van der Waals surface area contributed by atoms with Gasteiger partial charge in [0.15, 0.2) is 0 Å². The molecule has 2 rings (SSSR count). The molecule has 0 bridgehead atoms. The molecule has 2 atom stereocenters. The van der Waals surface area contributed by atoms with Crippen LogP contribution in [0.1, 0.15) is 24.4 Å². The summed E-state index contributed by atoms with van der Waals surface area (Å²) in [5.74, 6) is 0.00602. The average Bonchev–Trinajstić information content (AvgIpc) is 2.46. The molecule has 0 spiro atoms. The molecule has 104 valence electrons. The topological polar surface area (TPSA) is 49.6 Å². The molecule has 2 N–H and O–H groups in total. The number of carbonyl (C=O) groups excluding carboxylic acids is 1. The minimum Gasteiger partial charge on any atom is -0.340 e. The molecule has 1 heterocycles. The summed E-state index contributed by atoms with van der Waals surface area (Å²) in [6.07, 6.45) is 2.20. The van der Waals surface area contributed by atoms with Gasteiger partial charge >= 0.3 is 0 Å². The lowest BCUT2D eigenvalue weighted by Crippen LogP contribution is -2.49. The summed E-state index contributed by atoms with van der Waals surface area (Å²) in [4.78, 5) is 16.5. The number of amides is 1. The quantitative estimate of drug-likeness (QED) is 0.890. The third kappa shape index (κ3) is 3.33. The van der Waals surface area contributed by atoms with Crippen LogP contribution in [-0.4, -0.2) is 48.9 Å². The molecule has 0 aromatic heterocycles. The van der Waals surface area contributed by atoms with Crippen molar-refractivity contribution in [3.05, 3.63) is 35.9 Å². The van der Waals surface area contributed by atoms with Gasteiger partial charge in [-0.25, -0.2) is 0 Å². The number of likely N-dealkylation sites (N-methyl/N-ethyl adjacent to an activating group) is 2. The number of nitrogens with zero attached hydrogens (tertiary/aromatic N) is 2. The molecule has 19 heavy (non-hydrogen) atoms. The molecule has 1 aromatic rings. The zero-order chi connectivity index (χ0) is 13.8. The first-order valence-corrected chi connectivity index (χ1v) is 6.85. The molecule has 0 aliphatic carbocycles. The molecule has 1 aromatic carbocycles. The molecule has 1 fully saturated rings. The SMILES string of the molecule is CN1CCCC(N(C)C(=O)[C@H](N)c2ccccc2)C1. The van der Waals surface area contributed by atoms with Crippen LogP contribution in [0.25, 0.3) is 0 Å². The summed E-state index contributed by atoms with van der Waals surface area (Å²) in [5, 5.41) is 0. The van der Waals surface area contributed by atoms with Crippen LogP contribution in [0.4, 0.5) is 0 Å². The first-order chi connectivity index (χ1) is 9.09. The summed E-state index contributed by atoms with van der Waals surface area (Å²) >= 11 is 0. The maximum absolute atomic E-state index is 12.4. The maximum Gasteiger partial charge on any atom is 0.244 e. The second-order valence-corrected chi connectivity index (χ2v) is 5.40. The molecule has 1 aliphatic heterocycles. The Hall–Kier alpha value is -1.39. The molecule has 4 heteroatoms. The van der Waals surface area contributed by atoms with Gasteiger partial charge in [-0.15, -0.1) is 0 Å². The van der Waals surface area contributed by atoms with E-state index in [2.05, 4.69) is 11.9 Å². The third-order valence-corrected chi connectivity index (χ3v) is 3.92. The number of rotatable bonds is 3. The molecule has 1 aliphatic rings. The Morgan fingerprint density at radius 3 is 2.74 bits per heavy atom. The lowest BCUT2D eigenvalue weighted by molar-refractivity contribution is -0.134. The van der Waals surface area contributed by atoms with E-state index < -0.39 is 6.04 Å². The van der Waals surface area contributed by atoms with E-state index in [1.54, 1.807) is 0 Å². The predicted octanol–water partition coefficient (Wildman–Crippen LogP) is 1.24. The van der Waals surface area contributed by atoms with Crippen LogP contribution in [0.5, 0.6) is 0 Å². The number of benzene rings is 1. The summed E-state index contributed by atoms with van der Waals surface area (Å²) < 4.78 is 0. The fraction of sp³-hybridized carbons (Fsp3) is 0.533. The molecule has 1 saturated heterocycles. The molecular weight excluding hydrogens is 238 g/mol. The highest BCUT2D eigenvalue weighted by Gasteiger charge is 2.28. The second-order valence-electron chi connectivity index (χ2n) is 5.40. The first-order valence-electron chi connectivity index (χ1n) is 6.85. The van der Waals surface area contributed by atoms with Crippen molar-refractivity contribution in [2.24, 2.45) is 5.73 Å². The van der Waals surface area contributed by atoms with Gasteiger partial charge in [0.05, 0.1) is 0 Å². The Labute approximate surface area is 115 Å². The van der Waals surface area contributed by atoms with Crippen molar-refractivity contribution in [1.29, 1.82) is 0 Å². The van der Waals surface area contributed by atoms with Gasteiger partial charge in [-0.1, -0.05) is 30.3 Å². The monoisotopic (exact) mass is 261 g/mol. The van der Waals surface area contributed by atoms with Crippen molar-refractivity contribution in [3.8, 4) is 0 Å². The second kappa shape index (κ2) is 6.17. The Balaban J connectivity index is 2.02. The molecule has 1 unspecified atom stereocenters. The molecule has 0 saturated carbocycles. The number of piperidine rings is 1. The Morgan fingerprint density at radius 2 is 2.11 bits per heavy atom. The third-order valence-electron chi connectivity index (χ3n) is 3.92. The van der Waals surface area contributed by atoms with Crippen LogP contribution in [0.3, 0.4) is 0 Å². The highest BCUT2D eigenvalue weighted by molar-refractivity contribution is 5.83. The van der Waals surface area contributed by atoms with Gasteiger partial charge in [-0.3, -0.25) is 4.79 Å². The number of hydrogen-bond acceptors (Lipinski definition) is 3. The number of carbonyl (C=O) groups is 1. The summed E-state index contributed by atoms with van der Waals surface area (Å²) in [6, 6.07) is 9.29. The molecular formula is C15H23N3O. The van der Waals surface area contributed by atoms with Crippen LogP contribution >= 0.6 is 0 Å². The van der Waals surface area contributed by atoms with Crippen LogP contribution in [-0.2, 0) is 4.79 Å². The zero-order valence-corrected chi connectivity index (χ0v) is 11.7. The Morgan fingerprint density at radius 1 is 1.42 bits per heavy atom. The van der Waals surface area contributed by atoms with E-state index in [0.717, 1.165) is 31.5 Å². The molecule has 4 nitrogen and oxygen atoms in total. The normalized spacial score (nSPS) is 21.9. The Kier molecular flexibility index (Phi) is 4.56. The predicted molar refractivity (Wildman–Crippen MR) is 76.7 cm³/mol. The van der Waals surface area contributed by atoms with Crippen LogP contribution in [0.2, 0.25) is 0 Å². The van der Waals surface area contributed by atoms with Gasteiger partial charge in [0, 0.05) is 19.6 Å². The maximum atomic E-state index is 12.4. The number of likely N-dealkylation sites (tertiary alicyclic amines) is 1. The van der Waals surface area contributed by atoms with Gasteiger partial charge in [0.2, 0.25) is 5.91 Å². The average molecular weight is 261 g/mol. The van der Waals surface area contributed by atoms with Gasteiger partial charge in [-0.05, 0) is 32.0 Å². The number of hydrogen-bond donors (Lipinski definition) is 1. The fourth-order valence-corrected chi connectivity index (χ4v) is 2.66. The van der Waals surface area contributed by atoms with E-state index in [4.69, 9.17) is 5.73 Å². The fourth-order valence-electron chi connectivity index (χ4n) is 2.66. The summed E-state index contributed by atoms with van der Waals surface area (Å²) in [6.45, 7) is 2.05. The van der Waals surface area contributed by atoms with Gasteiger partial charge in [0.25, 0.3) is 0 Å². The first kappa shape index (κ1) is 14.0.